The number of aryl methyl sites for hydroxylation is 1. The third-order valence-electron chi connectivity index (χ3n) is 4.39. The van der Waals surface area contributed by atoms with Gasteiger partial charge in [0.2, 0.25) is 0 Å². The van der Waals surface area contributed by atoms with E-state index in [0.717, 1.165) is 9.13 Å². The Morgan fingerprint density at radius 1 is 0.938 bits per heavy atom. The van der Waals surface area contributed by atoms with E-state index < -0.39 is 11.9 Å². The quantitative estimate of drug-likeness (QED) is 0.157. The van der Waals surface area contributed by atoms with E-state index in [-0.39, 0.29) is 12.5 Å². The van der Waals surface area contributed by atoms with Gasteiger partial charge in [0.15, 0.2) is 0 Å². The predicted molar refractivity (Wildman–Crippen MR) is 130 cm³/mol. The SMILES string of the molecule is Cc1ccccc1C(=O)Oc1ccc(C=NNC(=O)CNC(=O)c2ccccc2I)cc1. The van der Waals surface area contributed by atoms with Gasteiger partial charge >= 0.3 is 5.97 Å². The van der Waals surface area contributed by atoms with E-state index >= 15 is 0 Å². The minimum absolute atomic E-state index is 0.199. The first-order valence-electron chi connectivity index (χ1n) is 9.66. The number of hydrogen-bond donors (Lipinski definition) is 2. The number of nitrogens with zero attached hydrogens (tertiary/aromatic N) is 1. The van der Waals surface area contributed by atoms with Crippen LogP contribution in [0.4, 0.5) is 0 Å². The molecule has 0 atom stereocenters. The smallest absolute Gasteiger partial charge is 0.343 e. The molecule has 0 unspecified atom stereocenters. The molecule has 3 rings (SSSR count). The molecule has 0 bridgehead atoms. The minimum atomic E-state index is -0.454. The standard InChI is InChI=1S/C24H20IN3O4/c1-16-6-2-3-7-19(16)24(31)32-18-12-10-17(11-13-18)14-27-28-22(29)15-26-23(30)20-8-4-5-9-21(20)25/h2-14H,15H2,1H3,(H,26,30)(H,28,29). The van der Waals surface area contributed by atoms with Gasteiger partial charge in [0.25, 0.3) is 11.8 Å². The maximum atomic E-state index is 12.3. The van der Waals surface area contributed by atoms with Crippen molar-refractivity contribution in [3.63, 3.8) is 0 Å². The number of amides is 2. The van der Waals surface area contributed by atoms with E-state index in [1.54, 1.807) is 48.5 Å². The first kappa shape index (κ1) is 23.1. The van der Waals surface area contributed by atoms with Crippen molar-refractivity contribution in [2.45, 2.75) is 6.92 Å². The van der Waals surface area contributed by atoms with Crippen molar-refractivity contribution in [3.05, 3.63) is 98.6 Å². The Bertz CT molecular complexity index is 1160. The molecule has 0 aliphatic rings. The number of carbonyl (C=O) groups excluding carboxylic acids is 3. The molecule has 32 heavy (non-hydrogen) atoms. The average Bonchev–Trinajstić information content (AvgIpc) is 2.79. The lowest BCUT2D eigenvalue weighted by Gasteiger charge is -2.07. The summed E-state index contributed by atoms with van der Waals surface area (Å²) in [5.41, 5.74) is 4.91. The summed E-state index contributed by atoms with van der Waals surface area (Å²) in [4.78, 5) is 36.3. The van der Waals surface area contributed by atoms with Crippen LogP contribution in [-0.2, 0) is 4.79 Å². The van der Waals surface area contributed by atoms with Crippen LogP contribution in [-0.4, -0.2) is 30.5 Å². The summed E-state index contributed by atoms with van der Waals surface area (Å²) in [5, 5.41) is 6.43. The van der Waals surface area contributed by atoms with Crippen LogP contribution in [0, 0.1) is 10.5 Å². The molecule has 3 aromatic rings. The fourth-order valence-electron chi connectivity index (χ4n) is 2.71. The second-order valence-corrected chi connectivity index (χ2v) is 7.89. The highest BCUT2D eigenvalue weighted by Gasteiger charge is 2.11. The highest BCUT2D eigenvalue weighted by atomic mass is 127. The summed E-state index contributed by atoms with van der Waals surface area (Å²) in [7, 11) is 0. The van der Waals surface area contributed by atoms with Crippen LogP contribution in [0.2, 0.25) is 0 Å². The second-order valence-electron chi connectivity index (χ2n) is 6.73. The van der Waals surface area contributed by atoms with Crippen molar-refractivity contribution >= 4 is 46.6 Å². The maximum absolute atomic E-state index is 12.3. The summed E-state index contributed by atoms with van der Waals surface area (Å²) in [6.07, 6.45) is 1.45. The number of nitrogens with one attached hydrogen (secondary N) is 2. The lowest BCUT2D eigenvalue weighted by molar-refractivity contribution is -0.120. The number of carbonyl (C=O) groups is 3. The monoisotopic (exact) mass is 541 g/mol. The van der Waals surface area contributed by atoms with Crippen LogP contribution in [0.1, 0.15) is 31.8 Å². The van der Waals surface area contributed by atoms with E-state index in [2.05, 4.69) is 38.4 Å². The zero-order valence-electron chi connectivity index (χ0n) is 17.2. The number of benzene rings is 3. The van der Waals surface area contributed by atoms with E-state index in [9.17, 15) is 14.4 Å². The zero-order valence-corrected chi connectivity index (χ0v) is 19.3. The largest absolute Gasteiger partial charge is 0.423 e. The summed E-state index contributed by atoms with van der Waals surface area (Å²) in [6.45, 7) is 1.65. The molecule has 0 fully saturated rings. The van der Waals surface area contributed by atoms with Gasteiger partial charge in [-0.1, -0.05) is 30.3 Å². The molecular weight excluding hydrogens is 521 g/mol. The maximum Gasteiger partial charge on any atom is 0.343 e. The lowest BCUT2D eigenvalue weighted by Crippen LogP contribution is -2.35. The third kappa shape index (κ3) is 6.48. The van der Waals surface area contributed by atoms with Gasteiger partial charge in [-0.3, -0.25) is 9.59 Å². The molecule has 0 saturated heterocycles. The molecule has 0 saturated carbocycles. The molecular formula is C24H20IN3O4. The minimum Gasteiger partial charge on any atom is -0.423 e. The first-order valence-corrected chi connectivity index (χ1v) is 10.7. The summed E-state index contributed by atoms with van der Waals surface area (Å²) in [5.74, 6) is -0.809. The Hall–Kier alpha value is -3.53. The van der Waals surface area contributed by atoms with Crippen LogP contribution >= 0.6 is 22.6 Å². The van der Waals surface area contributed by atoms with E-state index in [4.69, 9.17) is 4.74 Å². The van der Waals surface area contributed by atoms with Gasteiger partial charge in [0.1, 0.15) is 5.75 Å². The van der Waals surface area contributed by atoms with Crippen molar-refractivity contribution < 1.29 is 19.1 Å². The Balaban J connectivity index is 1.47. The molecule has 0 aliphatic carbocycles. The Morgan fingerprint density at radius 2 is 1.59 bits per heavy atom. The summed E-state index contributed by atoms with van der Waals surface area (Å²) in [6, 6.07) is 21.0. The summed E-state index contributed by atoms with van der Waals surface area (Å²) >= 11 is 2.06. The molecule has 3 aromatic carbocycles. The molecule has 0 spiro atoms. The number of esters is 1. The highest BCUT2D eigenvalue weighted by molar-refractivity contribution is 14.1. The molecule has 0 aromatic heterocycles. The number of rotatable bonds is 7. The Morgan fingerprint density at radius 3 is 2.28 bits per heavy atom. The van der Waals surface area contributed by atoms with Gasteiger partial charge < -0.3 is 10.1 Å². The summed E-state index contributed by atoms with van der Waals surface area (Å²) < 4.78 is 6.18. The molecule has 0 aliphatic heterocycles. The lowest BCUT2D eigenvalue weighted by atomic mass is 10.1. The van der Waals surface area contributed by atoms with Gasteiger partial charge in [0.05, 0.1) is 23.9 Å². The van der Waals surface area contributed by atoms with E-state index in [1.165, 1.54) is 6.21 Å². The Labute approximate surface area is 199 Å². The molecule has 162 valence electrons. The molecule has 2 amide bonds. The van der Waals surface area contributed by atoms with Crippen molar-refractivity contribution in [3.8, 4) is 5.75 Å². The second kappa shape index (κ2) is 11.2. The number of halogens is 1. The van der Waals surface area contributed by atoms with Crippen molar-refractivity contribution in [1.29, 1.82) is 0 Å². The fraction of sp³-hybridized carbons (Fsp3) is 0.0833. The normalized spacial score (nSPS) is 10.6. The van der Waals surface area contributed by atoms with Crippen LogP contribution in [0.3, 0.4) is 0 Å². The molecule has 8 heteroatoms. The number of hydrazone groups is 1. The van der Waals surface area contributed by atoms with E-state index in [1.807, 2.05) is 31.2 Å². The fourth-order valence-corrected chi connectivity index (χ4v) is 3.34. The third-order valence-corrected chi connectivity index (χ3v) is 5.33. The van der Waals surface area contributed by atoms with Gasteiger partial charge in [-0.05, 0) is 83.1 Å². The van der Waals surface area contributed by atoms with E-state index in [0.29, 0.717) is 22.4 Å². The van der Waals surface area contributed by atoms with Crippen molar-refractivity contribution in [2.24, 2.45) is 5.10 Å². The van der Waals surface area contributed by atoms with Crippen LogP contribution in [0.5, 0.6) is 5.75 Å². The van der Waals surface area contributed by atoms with Crippen molar-refractivity contribution in [1.82, 2.24) is 10.7 Å². The van der Waals surface area contributed by atoms with Gasteiger partial charge in [-0.2, -0.15) is 5.10 Å². The van der Waals surface area contributed by atoms with Gasteiger partial charge in [-0.15, -0.1) is 0 Å². The molecule has 0 radical (unpaired) electrons. The highest BCUT2D eigenvalue weighted by Crippen LogP contribution is 2.15. The molecule has 0 heterocycles. The van der Waals surface area contributed by atoms with Crippen molar-refractivity contribution in [2.75, 3.05) is 6.54 Å². The van der Waals surface area contributed by atoms with Crippen LogP contribution < -0.4 is 15.5 Å². The van der Waals surface area contributed by atoms with Gasteiger partial charge in [0, 0.05) is 3.57 Å². The molecule has 7 nitrogen and oxygen atoms in total. The number of ether oxygens (including phenoxy) is 1. The Kier molecular flexibility index (Phi) is 8.09. The number of hydrogen-bond acceptors (Lipinski definition) is 5. The van der Waals surface area contributed by atoms with Crippen LogP contribution in [0.15, 0.2) is 77.9 Å². The zero-order chi connectivity index (χ0) is 22.9. The molecule has 2 N–H and O–H groups in total. The van der Waals surface area contributed by atoms with Gasteiger partial charge in [-0.25, -0.2) is 10.2 Å². The predicted octanol–water partition coefficient (Wildman–Crippen LogP) is 3.70. The average molecular weight is 541 g/mol. The topological polar surface area (TPSA) is 96.9 Å². The first-order chi connectivity index (χ1) is 15.4. The van der Waals surface area contributed by atoms with Crippen LogP contribution in [0.25, 0.3) is 0 Å².